The van der Waals surface area contributed by atoms with E-state index in [4.69, 9.17) is 9.15 Å². The predicted molar refractivity (Wildman–Crippen MR) is 80.2 cm³/mol. The van der Waals surface area contributed by atoms with Crippen LogP contribution >= 0.6 is 0 Å². The second-order valence-corrected chi connectivity index (χ2v) is 6.84. The lowest BCUT2D eigenvalue weighted by molar-refractivity contribution is 0.0491. The molecule has 2 aromatic rings. The summed E-state index contributed by atoms with van der Waals surface area (Å²) in [5.74, 6) is -0.577. The highest BCUT2D eigenvalue weighted by Gasteiger charge is 2.20. The number of benzene rings is 1. The van der Waals surface area contributed by atoms with Crippen LogP contribution in [0, 0.1) is 6.92 Å². The molecule has 0 radical (unpaired) electrons. The molecule has 0 unspecified atom stereocenters. The number of hydrogen-bond donors (Lipinski definition) is 1. The zero-order valence-electron chi connectivity index (χ0n) is 12.1. The number of aryl methyl sites for hydroxylation is 1. The van der Waals surface area contributed by atoms with Crippen LogP contribution in [-0.2, 0) is 14.6 Å². The highest BCUT2D eigenvalue weighted by atomic mass is 32.2. The second-order valence-electron chi connectivity index (χ2n) is 4.70. The number of nitrogens with one attached hydrogen (secondary N) is 1. The standard InChI is InChI=1S/C14H17NO5S/c1-4-19-14(16)13-9(2)12-10(15-8-21(3,17)18)6-5-7-11(12)20-13/h5-7,15H,4,8H2,1-3H3. The highest BCUT2D eigenvalue weighted by Crippen LogP contribution is 2.32. The van der Waals surface area contributed by atoms with Gasteiger partial charge in [-0.3, -0.25) is 0 Å². The summed E-state index contributed by atoms with van der Waals surface area (Å²) in [4.78, 5) is 11.8. The average molecular weight is 311 g/mol. The number of sulfone groups is 1. The number of carbonyl (C=O) groups excluding carboxylic acids is 1. The van der Waals surface area contributed by atoms with E-state index < -0.39 is 15.8 Å². The molecule has 0 saturated carbocycles. The van der Waals surface area contributed by atoms with Gasteiger partial charge < -0.3 is 14.5 Å². The first-order valence-corrected chi connectivity index (χ1v) is 8.50. The fraction of sp³-hybridized carbons (Fsp3) is 0.357. The highest BCUT2D eigenvalue weighted by molar-refractivity contribution is 7.90. The van der Waals surface area contributed by atoms with Crippen LogP contribution in [0.3, 0.4) is 0 Å². The van der Waals surface area contributed by atoms with Gasteiger partial charge in [0.25, 0.3) is 0 Å². The third-order valence-electron chi connectivity index (χ3n) is 2.94. The zero-order valence-corrected chi connectivity index (χ0v) is 12.9. The van der Waals surface area contributed by atoms with E-state index in [0.717, 1.165) is 6.26 Å². The number of fused-ring (bicyclic) bond motifs is 1. The molecule has 0 aliphatic heterocycles. The summed E-state index contributed by atoms with van der Waals surface area (Å²) in [6.45, 7) is 3.72. The van der Waals surface area contributed by atoms with Gasteiger partial charge in [-0.05, 0) is 26.0 Å². The van der Waals surface area contributed by atoms with Crippen LogP contribution < -0.4 is 5.32 Å². The van der Waals surface area contributed by atoms with E-state index in [1.54, 1.807) is 32.0 Å². The Balaban J connectivity index is 2.46. The van der Waals surface area contributed by atoms with E-state index in [-0.39, 0.29) is 18.2 Å². The molecule has 7 heteroatoms. The van der Waals surface area contributed by atoms with Gasteiger partial charge in [-0.15, -0.1) is 0 Å². The van der Waals surface area contributed by atoms with Crippen molar-refractivity contribution < 1.29 is 22.4 Å². The predicted octanol–water partition coefficient (Wildman–Crippen LogP) is 2.33. The van der Waals surface area contributed by atoms with Crippen LogP contribution in [-0.4, -0.2) is 33.1 Å². The molecular formula is C14H17NO5S. The Bertz CT molecular complexity index is 776. The smallest absolute Gasteiger partial charge is 0.374 e. The molecule has 1 heterocycles. The Morgan fingerprint density at radius 3 is 2.71 bits per heavy atom. The molecule has 0 amide bonds. The van der Waals surface area contributed by atoms with Gasteiger partial charge in [-0.25, -0.2) is 13.2 Å². The number of anilines is 1. The number of carbonyl (C=O) groups is 1. The first kappa shape index (κ1) is 15.4. The van der Waals surface area contributed by atoms with Crippen LogP contribution in [0.1, 0.15) is 23.0 Å². The van der Waals surface area contributed by atoms with Crippen molar-refractivity contribution in [2.24, 2.45) is 0 Å². The fourth-order valence-electron chi connectivity index (χ4n) is 2.05. The summed E-state index contributed by atoms with van der Waals surface area (Å²) >= 11 is 0. The largest absolute Gasteiger partial charge is 0.460 e. The molecule has 0 atom stereocenters. The van der Waals surface area contributed by atoms with Crippen LogP contribution in [0.4, 0.5) is 5.69 Å². The number of esters is 1. The number of ether oxygens (including phenoxy) is 1. The van der Waals surface area contributed by atoms with Crippen molar-refractivity contribution in [1.29, 1.82) is 0 Å². The molecule has 0 aliphatic rings. The van der Waals surface area contributed by atoms with Crippen molar-refractivity contribution in [3.8, 4) is 0 Å². The lowest BCUT2D eigenvalue weighted by atomic mass is 10.1. The van der Waals surface area contributed by atoms with Crippen molar-refractivity contribution in [2.45, 2.75) is 13.8 Å². The summed E-state index contributed by atoms with van der Waals surface area (Å²) in [6, 6.07) is 5.19. The van der Waals surface area contributed by atoms with Crippen molar-refractivity contribution in [1.82, 2.24) is 0 Å². The Labute approximate surface area is 123 Å². The van der Waals surface area contributed by atoms with Crippen LogP contribution in [0.2, 0.25) is 0 Å². The van der Waals surface area contributed by atoms with E-state index in [2.05, 4.69) is 5.32 Å². The summed E-state index contributed by atoms with van der Waals surface area (Å²) in [5, 5.41) is 3.54. The number of furan rings is 1. The first-order valence-electron chi connectivity index (χ1n) is 6.44. The molecule has 2 rings (SSSR count). The second kappa shape index (κ2) is 5.77. The lowest BCUT2D eigenvalue weighted by Gasteiger charge is -2.06. The van der Waals surface area contributed by atoms with Crippen LogP contribution in [0.25, 0.3) is 11.0 Å². The van der Waals surface area contributed by atoms with Gasteiger partial charge in [0, 0.05) is 22.9 Å². The third kappa shape index (κ3) is 3.36. The molecule has 0 saturated heterocycles. The zero-order chi connectivity index (χ0) is 15.6. The van der Waals surface area contributed by atoms with Gasteiger partial charge >= 0.3 is 5.97 Å². The summed E-state index contributed by atoms with van der Waals surface area (Å²) in [5.41, 5.74) is 1.74. The minimum absolute atomic E-state index is 0.139. The molecule has 1 aromatic carbocycles. The normalized spacial score (nSPS) is 11.6. The van der Waals surface area contributed by atoms with Crippen molar-refractivity contribution in [3.05, 3.63) is 29.5 Å². The van der Waals surface area contributed by atoms with Crippen LogP contribution in [0.5, 0.6) is 0 Å². The van der Waals surface area contributed by atoms with E-state index in [1.165, 1.54) is 0 Å². The summed E-state index contributed by atoms with van der Waals surface area (Å²) in [7, 11) is -3.16. The SMILES string of the molecule is CCOC(=O)c1oc2cccc(NCS(C)(=O)=O)c2c1C. The maximum atomic E-state index is 11.8. The quantitative estimate of drug-likeness (QED) is 0.853. The van der Waals surface area contributed by atoms with Crippen molar-refractivity contribution in [2.75, 3.05) is 24.1 Å². The molecule has 0 aliphatic carbocycles. The van der Waals surface area contributed by atoms with Gasteiger partial charge in [0.1, 0.15) is 11.5 Å². The minimum atomic E-state index is -3.16. The molecular weight excluding hydrogens is 294 g/mol. The number of rotatable bonds is 5. The van der Waals surface area contributed by atoms with Gasteiger partial charge in [0.2, 0.25) is 5.76 Å². The topological polar surface area (TPSA) is 85.6 Å². The molecule has 1 aromatic heterocycles. The Kier molecular flexibility index (Phi) is 4.22. The van der Waals surface area contributed by atoms with E-state index in [1.807, 2.05) is 0 Å². The molecule has 21 heavy (non-hydrogen) atoms. The maximum absolute atomic E-state index is 11.8. The van der Waals surface area contributed by atoms with Crippen molar-refractivity contribution >= 4 is 32.5 Å². The fourth-order valence-corrected chi connectivity index (χ4v) is 2.47. The molecule has 0 bridgehead atoms. The third-order valence-corrected chi connectivity index (χ3v) is 3.61. The maximum Gasteiger partial charge on any atom is 0.374 e. The average Bonchev–Trinajstić information content (AvgIpc) is 2.74. The van der Waals surface area contributed by atoms with Gasteiger partial charge in [0.05, 0.1) is 6.61 Å². The van der Waals surface area contributed by atoms with Gasteiger partial charge in [-0.2, -0.15) is 0 Å². The van der Waals surface area contributed by atoms with Crippen LogP contribution in [0.15, 0.2) is 22.6 Å². The van der Waals surface area contributed by atoms with Gasteiger partial charge in [-0.1, -0.05) is 6.07 Å². The number of hydrogen-bond acceptors (Lipinski definition) is 6. The molecule has 114 valence electrons. The Morgan fingerprint density at radius 2 is 2.10 bits per heavy atom. The van der Waals surface area contributed by atoms with E-state index in [9.17, 15) is 13.2 Å². The summed E-state index contributed by atoms with van der Waals surface area (Å²) in [6.07, 6.45) is 1.15. The molecule has 6 nitrogen and oxygen atoms in total. The van der Waals surface area contributed by atoms with Gasteiger partial charge in [0.15, 0.2) is 9.84 Å². The Morgan fingerprint density at radius 1 is 1.38 bits per heavy atom. The van der Waals surface area contributed by atoms with E-state index in [0.29, 0.717) is 22.2 Å². The Hall–Kier alpha value is -2.02. The lowest BCUT2D eigenvalue weighted by Crippen LogP contribution is -2.12. The van der Waals surface area contributed by atoms with E-state index >= 15 is 0 Å². The first-order chi connectivity index (χ1) is 9.83. The molecule has 0 fully saturated rings. The monoisotopic (exact) mass is 311 g/mol. The summed E-state index contributed by atoms with van der Waals surface area (Å²) < 4.78 is 33.0. The minimum Gasteiger partial charge on any atom is -0.460 e. The molecule has 1 N–H and O–H groups in total. The molecule has 0 spiro atoms. The van der Waals surface area contributed by atoms with Crippen molar-refractivity contribution in [3.63, 3.8) is 0 Å².